The maximum Gasteiger partial charge on any atom is 0.338 e. The van der Waals surface area contributed by atoms with E-state index in [1.165, 1.54) is 0 Å². The van der Waals surface area contributed by atoms with Gasteiger partial charge in [-0.15, -0.1) is 6.58 Å². The lowest BCUT2D eigenvalue weighted by atomic mass is 9.89. The Balaban J connectivity index is 1.18. The Morgan fingerprint density at radius 2 is 1.21 bits per heavy atom. The third kappa shape index (κ3) is 10.2. The second-order valence-corrected chi connectivity index (χ2v) is 15.4. The minimum absolute atomic E-state index is 0.0530. The highest BCUT2D eigenvalue weighted by Crippen LogP contribution is 2.44. The van der Waals surface area contributed by atoms with Crippen LogP contribution in [0.2, 0.25) is 0 Å². The van der Waals surface area contributed by atoms with E-state index in [9.17, 15) is 9.90 Å². The summed E-state index contributed by atoms with van der Waals surface area (Å²) in [6.45, 7) is 6.72. The van der Waals surface area contributed by atoms with E-state index in [0.717, 1.165) is 22.3 Å². The number of ether oxygens (including phenoxy) is 9. The normalized spacial score (nSPS) is 29.9. The highest BCUT2D eigenvalue weighted by molar-refractivity contribution is 5.89. The molecule has 11 atom stereocenters. The van der Waals surface area contributed by atoms with Gasteiger partial charge in [0.1, 0.15) is 30.5 Å². The SMILES string of the molecule is C=CC[C@@]1(O[C@@H]2[C@@H](OC(=O)c3ccccc3)[C@H]3OC(c4ccccc4)OC[C@H]3O[C@H]2O)O[C@@H](C)[C@@H](OCc2ccccc2)[C@@H](OCc2ccccc2)[C@@H]1OCc1ccccc1. The first-order valence-corrected chi connectivity index (χ1v) is 20.8. The van der Waals surface area contributed by atoms with Crippen molar-refractivity contribution in [2.24, 2.45) is 0 Å². The lowest BCUT2D eigenvalue weighted by Gasteiger charge is -2.55. The number of aliphatic hydroxyl groups is 1. The number of fused-ring (bicyclic) bond motifs is 1. The van der Waals surface area contributed by atoms with Crippen molar-refractivity contribution in [3.63, 3.8) is 0 Å². The van der Waals surface area contributed by atoms with Crippen LogP contribution in [0.15, 0.2) is 164 Å². The minimum atomic E-state index is -1.70. The van der Waals surface area contributed by atoms with Crippen molar-refractivity contribution < 1.29 is 52.5 Å². The van der Waals surface area contributed by atoms with Crippen LogP contribution in [0.1, 0.15) is 52.2 Å². The van der Waals surface area contributed by atoms with Gasteiger partial charge in [-0.1, -0.05) is 146 Å². The highest BCUT2D eigenvalue weighted by Gasteiger charge is 2.61. The quantitative estimate of drug-likeness (QED) is 0.0773. The Kier molecular flexibility index (Phi) is 14.1. The fourth-order valence-corrected chi connectivity index (χ4v) is 8.17. The second kappa shape index (κ2) is 20.2. The smallest absolute Gasteiger partial charge is 0.338 e. The Labute approximate surface area is 356 Å². The van der Waals surface area contributed by atoms with Crippen LogP contribution >= 0.6 is 0 Å². The van der Waals surface area contributed by atoms with Gasteiger partial charge in [0.05, 0.1) is 38.1 Å². The molecule has 0 radical (unpaired) electrons. The van der Waals surface area contributed by atoms with Gasteiger partial charge in [0.2, 0.25) is 5.79 Å². The van der Waals surface area contributed by atoms with Crippen LogP contribution < -0.4 is 0 Å². The Morgan fingerprint density at radius 1 is 0.689 bits per heavy atom. The molecule has 0 spiro atoms. The molecule has 0 amide bonds. The molecule has 3 aliphatic heterocycles. The predicted molar refractivity (Wildman–Crippen MR) is 225 cm³/mol. The molecule has 1 N–H and O–H groups in total. The van der Waals surface area contributed by atoms with Gasteiger partial charge in [-0.25, -0.2) is 4.79 Å². The van der Waals surface area contributed by atoms with Crippen molar-refractivity contribution in [2.75, 3.05) is 6.61 Å². The lowest BCUT2D eigenvalue weighted by molar-refractivity contribution is -0.424. The van der Waals surface area contributed by atoms with E-state index in [0.29, 0.717) is 5.56 Å². The first kappa shape index (κ1) is 42.6. The molecule has 3 aliphatic rings. The molecule has 0 saturated carbocycles. The first-order chi connectivity index (χ1) is 29.9. The summed E-state index contributed by atoms with van der Waals surface area (Å²) < 4.78 is 59.9. The molecular weight excluding hydrogens is 777 g/mol. The number of aliphatic hydroxyl groups excluding tert-OH is 1. The molecule has 3 heterocycles. The number of carbonyl (C=O) groups excluding carboxylic acids is 1. The molecule has 0 aliphatic carbocycles. The average molecular weight is 829 g/mol. The van der Waals surface area contributed by atoms with Gasteiger partial charge < -0.3 is 47.7 Å². The van der Waals surface area contributed by atoms with Crippen molar-refractivity contribution in [3.05, 3.63) is 192 Å². The van der Waals surface area contributed by atoms with Crippen molar-refractivity contribution >= 4 is 5.97 Å². The highest BCUT2D eigenvalue weighted by atomic mass is 16.8. The van der Waals surface area contributed by atoms with Crippen LogP contribution in [0, 0.1) is 0 Å². The molecule has 11 nitrogen and oxygen atoms in total. The Morgan fingerprint density at radius 3 is 1.79 bits per heavy atom. The third-order valence-electron chi connectivity index (χ3n) is 11.1. The Hall–Kier alpha value is -5.05. The van der Waals surface area contributed by atoms with Gasteiger partial charge in [-0.3, -0.25) is 0 Å². The second-order valence-electron chi connectivity index (χ2n) is 15.4. The number of hydrogen-bond donors (Lipinski definition) is 1. The monoisotopic (exact) mass is 828 g/mol. The fraction of sp³-hybridized carbons (Fsp3) is 0.340. The molecule has 3 fully saturated rings. The summed E-state index contributed by atoms with van der Waals surface area (Å²) in [6.07, 6.45) is -8.13. The first-order valence-electron chi connectivity index (χ1n) is 20.8. The summed E-state index contributed by atoms with van der Waals surface area (Å²) in [4.78, 5) is 14.0. The molecule has 1 unspecified atom stereocenters. The molecule has 318 valence electrons. The van der Waals surface area contributed by atoms with Crippen LogP contribution in [0.3, 0.4) is 0 Å². The van der Waals surface area contributed by atoms with Gasteiger partial charge in [0.25, 0.3) is 0 Å². The van der Waals surface area contributed by atoms with Gasteiger partial charge in [0.15, 0.2) is 24.8 Å². The van der Waals surface area contributed by atoms with E-state index in [-0.39, 0.29) is 32.8 Å². The molecule has 11 heteroatoms. The van der Waals surface area contributed by atoms with E-state index in [1.807, 2.05) is 134 Å². The largest absolute Gasteiger partial charge is 0.453 e. The summed E-state index contributed by atoms with van der Waals surface area (Å²) in [7, 11) is 0. The predicted octanol–water partition coefficient (Wildman–Crippen LogP) is 7.88. The van der Waals surface area contributed by atoms with Gasteiger partial charge in [-0.2, -0.15) is 0 Å². The minimum Gasteiger partial charge on any atom is -0.453 e. The summed E-state index contributed by atoms with van der Waals surface area (Å²) in [5.74, 6) is -2.34. The topological polar surface area (TPSA) is 120 Å². The standard InChI is InChI=1S/C50H52O11/c1-3-29-50(61-45-43(58-47(51)38-25-15-7-16-26-38)42-40(57-48(45)52)33-56-49(59-42)39-27-17-8-18-28-39)46(55-32-37-23-13-6-14-24-37)44(54-31-36-21-11-5-12-22-36)41(34(2)60-50)53-30-35-19-9-4-10-20-35/h3-28,34,40-46,48-49,52H,1,29-33H2,2H3/t34-,40+,41+,42-,43-,44+,45+,46-,48+,49?,50-/m0/s1. The van der Waals surface area contributed by atoms with Gasteiger partial charge in [-0.05, 0) is 35.7 Å². The molecular formula is C50H52O11. The maximum atomic E-state index is 14.0. The van der Waals surface area contributed by atoms with E-state index >= 15 is 0 Å². The van der Waals surface area contributed by atoms with Crippen molar-refractivity contribution in [2.45, 2.75) is 100 Å². The zero-order valence-electron chi connectivity index (χ0n) is 34.1. The molecule has 0 aromatic heterocycles. The lowest BCUT2D eigenvalue weighted by Crippen LogP contribution is -2.70. The summed E-state index contributed by atoms with van der Waals surface area (Å²) in [5.41, 5.74) is 3.89. The van der Waals surface area contributed by atoms with E-state index in [4.69, 9.17) is 42.6 Å². The van der Waals surface area contributed by atoms with Gasteiger partial charge >= 0.3 is 5.97 Å². The fourth-order valence-electron chi connectivity index (χ4n) is 8.17. The van der Waals surface area contributed by atoms with Crippen LogP contribution in [0.5, 0.6) is 0 Å². The van der Waals surface area contributed by atoms with Crippen LogP contribution in [0.4, 0.5) is 0 Å². The molecule has 5 aromatic rings. The zero-order chi connectivity index (χ0) is 42.0. The van der Waals surface area contributed by atoms with Crippen molar-refractivity contribution in [3.8, 4) is 0 Å². The molecule has 3 saturated heterocycles. The van der Waals surface area contributed by atoms with Crippen molar-refractivity contribution in [1.29, 1.82) is 0 Å². The number of rotatable bonds is 16. The van der Waals surface area contributed by atoms with Gasteiger partial charge in [0, 0.05) is 12.0 Å². The van der Waals surface area contributed by atoms with E-state index in [1.54, 1.807) is 30.3 Å². The molecule has 5 aromatic carbocycles. The zero-order valence-corrected chi connectivity index (χ0v) is 34.1. The number of esters is 1. The van der Waals surface area contributed by atoms with Crippen LogP contribution in [-0.2, 0) is 62.5 Å². The van der Waals surface area contributed by atoms with E-state index in [2.05, 4.69) is 6.58 Å². The average Bonchev–Trinajstić information content (AvgIpc) is 3.30. The summed E-state index contributed by atoms with van der Waals surface area (Å²) in [5, 5.41) is 12.0. The number of carbonyl (C=O) groups is 1. The Bertz CT molecular complexity index is 2110. The van der Waals surface area contributed by atoms with Crippen LogP contribution in [0.25, 0.3) is 0 Å². The molecule has 0 bridgehead atoms. The van der Waals surface area contributed by atoms with E-state index < -0.39 is 73.2 Å². The van der Waals surface area contributed by atoms with Crippen LogP contribution in [-0.4, -0.2) is 78.6 Å². The maximum absolute atomic E-state index is 14.0. The molecule has 8 rings (SSSR count). The summed E-state index contributed by atoms with van der Waals surface area (Å²) in [6, 6.07) is 47.6. The number of benzene rings is 5. The molecule has 61 heavy (non-hydrogen) atoms. The summed E-state index contributed by atoms with van der Waals surface area (Å²) >= 11 is 0. The number of hydrogen-bond acceptors (Lipinski definition) is 11. The third-order valence-corrected chi connectivity index (χ3v) is 11.1. The van der Waals surface area contributed by atoms with Crippen molar-refractivity contribution in [1.82, 2.24) is 0 Å².